The summed E-state index contributed by atoms with van der Waals surface area (Å²) in [5.74, 6) is 0. The molecule has 0 aliphatic carbocycles. The van der Waals surface area contributed by atoms with Gasteiger partial charge in [0.05, 0.1) is 29.8 Å². The summed E-state index contributed by atoms with van der Waals surface area (Å²) < 4.78 is 37.1. The third kappa shape index (κ3) is 4.42. The van der Waals surface area contributed by atoms with E-state index in [0.29, 0.717) is 6.42 Å². The number of rotatable bonds is 6. The van der Waals surface area contributed by atoms with E-state index in [4.69, 9.17) is 9.47 Å². The Hall–Kier alpha value is -1.69. The van der Waals surface area contributed by atoms with E-state index in [9.17, 15) is 13.5 Å². The third-order valence-electron chi connectivity index (χ3n) is 5.27. The zero-order valence-electron chi connectivity index (χ0n) is 15.5. The average Bonchev–Trinajstić information content (AvgIpc) is 3.05. The average molecular weight is 391 g/mol. The van der Waals surface area contributed by atoms with Crippen LogP contribution in [0.5, 0.6) is 0 Å². The number of hydrogen-bond acceptors (Lipinski definition) is 5. The van der Waals surface area contributed by atoms with Crippen LogP contribution in [0, 0.1) is 0 Å². The minimum absolute atomic E-state index is 0.0120. The van der Waals surface area contributed by atoms with Crippen LogP contribution in [-0.2, 0) is 19.3 Å². The number of sulfone groups is 1. The van der Waals surface area contributed by atoms with Crippen LogP contribution in [0.2, 0.25) is 0 Å². The van der Waals surface area contributed by atoms with E-state index in [2.05, 4.69) is 12.3 Å². The molecule has 4 atom stereocenters. The fourth-order valence-corrected chi connectivity index (χ4v) is 4.87. The highest BCUT2D eigenvalue weighted by molar-refractivity contribution is 7.94. The number of hydrogen-bond donors (Lipinski definition) is 1. The molecule has 1 N–H and O–H groups in total. The minimum Gasteiger partial charge on any atom is -0.393 e. The summed E-state index contributed by atoms with van der Waals surface area (Å²) >= 11 is 0. The Bertz CT molecular complexity index is 839. The van der Waals surface area contributed by atoms with Gasteiger partial charge in [-0.1, -0.05) is 24.8 Å². The maximum absolute atomic E-state index is 12.4. The standard InChI is InChI=1S/C21H26O5S/c1-3-16(2)13-17-9-10-20-21(15-22,26-17)14-18(25-20)11-12-27(23,24)19-7-5-4-6-8-19/h4-8,11-12,17-18,20,22H,1,9-10,13-15H2,2H3/b12-11+/t17-,18?,20+,21-/m1/s1. The predicted octanol–water partition coefficient (Wildman–Crippen LogP) is 3.16. The Morgan fingerprint density at radius 1 is 1.37 bits per heavy atom. The van der Waals surface area contributed by atoms with Gasteiger partial charge in [-0.2, -0.15) is 0 Å². The first-order chi connectivity index (χ1) is 12.9. The number of aliphatic hydroxyl groups excluding tert-OH is 1. The lowest BCUT2D eigenvalue weighted by molar-refractivity contribution is -0.181. The maximum atomic E-state index is 12.4. The zero-order valence-corrected chi connectivity index (χ0v) is 16.3. The largest absolute Gasteiger partial charge is 0.393 e. The van der Waals surface area contributed by atoms with Crippen LogP contribution in [0.4, 0.5) is 0 Å². The van der Waals surface area contributed by atoms with Gasteiger partial charge in [0, 0.05) is 18.2 Å². The molecule has 3 rings (SSSR count). The van der Waals surface area contributed by atoms with Crippen molar-refractivity contribution in [2.75, 3.05) is 6.61 Å². The molecule has 0 radical (unpaired) electrons. The Morgan fingerprint density at radius 2 is 2.11 bits per heavy atom. The highest BCUT2D eigenvalue weighted by Gasteiger charge is 2.52. The highest BCUT2D eigenvalue weighted by Crippen LogP contribution is 2.42. The summed E-state index contributed by atoms with van der Waals surface area (Å²) in [4.78, 5) is 0.247. The third-order valence-corrected chi connectivity index (χ3v) is 6.72. The van der Waals surface area contributed by atoms with Crippen LogP contribution in [-0.4, -0.2) is 44.0 Å². The van der Waals surface area contributed by atoms with Crippen molar-refractivity contribution in [2.45, 2.75) is 61.4 Å². The van der Waals surface area contributed by atoms with Crippen molar-refractivity contribution in [3.63, 3.8) is 0 Å². The van der Waals surface area contributed by atoms with Crippen LogP contribution in [0.15, 0.2) is 64.6 Å². The lowest BCUT2D eigenvalue weighted by Crippen LogP contribution is -2.51. The van der Waals surface area contributed by atoms with E-state index in [1.165, 1.54) is 5.41 Å². The van der Waals surface area contributed by atoms with Crippen LogP contribution < -0.4 is 0 Å². The first-order valence-corrected chi connectivity index (χ1v) is 10.7. The van der Waals surface area contributed by atoms with Crippen molar-refractivity contribution < 1.29 is 23.0 Å². The van der Waals surface area contributed by atoms with Gasteiger partial charge in [0.1, 0.15) is 5.60 Å². The predicted molar refractivity (Wildman–Crippen MR) is 103 cm³/mol. The first-order valence-electron chi connectivity index (χ1n) is 9.16. The number of fused-ring (bicyclic) bond motifs is 1. The molecule has 6 heteroatoms. The molecule has 0 spiro atoms. The van der Waals surface area contributed by atoms with Crippen molar-refractivity contribution in [3.8, 4) is 0 Å². The zero-order chi connectivity index (χ0) is 19.5. The van der Waals surface area contributed by atoms with Crippen molar-refractivity contribution in [3.05, 3.63) is 59.7 Å². The van der Waals surface area contributed by atoms with Gasteiger partial charge in [0.15, 0.2) is 9.84 Å². The van der Waals surface area contributed by atoms with Gasteiger partial charge in [-0.3, -0.25) is 0 Å². The summed E-state index contributed by atoms with van der Waals surface area (Å²) in [6, 6.07) is 8.28. The van der Waals surface area contributed by atoms with Gasteiger partial charge >= 0.3 is 0 Å². The smallest absolute Gasteiger partial charge is 0.199 e. The van der Waals surface area contributed by atoms with Crippen molar-refractivity contribution in [1.29, 1.82) is 0 Å². The fourth-order valence-electron chi connectivity index (χ4n) is 3.79. The second-order valence-electron chi connectivity index (χ2n) is 7.26. The fraction of sp³-hybridized carbons (Fsp3) is 0.476. The van der Waals surface area contributed by atoms with E-state index < -0.39 is 21.5 Å². The van der Waals surface area contributed by atoms with Gasteiger partial charge in [0.2, 0.25) is 0 Å². The second-order valence-corrected chi connectivity index (χ2v) is 9.09. The van der Waals surface area contributed by atoms with Gasteiger partial charge in [-0.15, -0.1) is 5.73 Å². The molecule has 1 unspecified atom stereocenters. The topological polar surface area (TPSA) is 72.8 Å². The van der Waals surface area contributed by atoms with Crippen molar-refractivity contribution >= 4 is 9.84 Å². The van der Waals surface area contributed by atoms with Gasteiger partial charge in [0.25, 0.3) is 0 Å². The van der Waals surface area contributed by atoms with Crippen molar-refractivity contribution in [2.24, 2.45) is 0 Å². The lowest BCUT2D eigenvalue weighted by Gasteiger charge is -2.40. The summed E-state index contributed by atoms with van der Waals surface area (Å²) in [6.45, 7) is 5.46. The molecule has 2 aliphatic rings. The highest BCUT2D eigenvalue weighted by atomic mass is 32.2. The van der Waals surface area contributed by atoms with Crippen LogP contribution in [0.25, 0.3) is 0 Å². The molecule has 146 valence electrons. The van der Waals surface area contributed by atoms with Gasteiger partial charge < -0.3 is 14.6 Å². The first kappa shape index (κ1) is 20.1. The monoisotopic (exact) mass is 390 g/mol. The van der Waals surface area contributed by atoms with Crippen LogP contribution in [0.3, 0.4) is 0 Å². The Labute approximate surface area is 160 Å². The summed E-state index contributed by atoms with van der Waals surface area (Å²) in [7, 11) is -3.52. The Kier molecular flexibility index (Phi) is 6.04. The van der Waals surface area contributed by atoms with Crippen LogP contribution >= 0.6 is 0 Å². The van der Waals surface area contributed by atoms with E-state index in [1.807, 2.05) is 6.92 Å². The molecule has 0 aromatic heterocycles. The number of benzene rings is 1. The van der Waals surface area contributed by atoms with E-state index in [1.54, 1.807) is 36.4 Å². The molecule has 1 aromatic carbocycles. The quantitative estimate of drug-likeness (QED) is 0.756. The summed E-state index contributed by atoms with van der Waals surface area (Å²) in [6.07, 6.45) is 3.66. The van der Waals surface area contributed by atoms with Gasteiger partial charge in [-0.05, 0) is 43.5 Å². The van der Waals surface area contributed by atoms with E-state index in [-0.39, 0.29) is 23.7 Å². The van der Waals surface area contributed by atoms with Gasteiger partial charge in [-0.25, -0.2) is 8.42 Å². The summed E-state index contributed by atoms with van der Waals surface area (Å²) in [5.41, 5.74) is 3.12. The van der Waals surface area contributed by atoms with E-state index >= 15 is 0 Å². The second kappa shape index (κ2) is 8.13. The SMILES string of the molecule is C=C=C(C)C[C@H]1CC[C@@H]2OC(/C=C/S(=O)(=O)c3ccccc3)C[C@]2(CO)O1. The van der Waals surface area contributed by atoms with Crippen molar-refractivity contribution in [1.82, 2.24) is 0 Å². The van der Waals surface area contributed by atoms with E-state index in [0.717, 1.165) is 24.8 Å². The minimum atomic E-state index is -3.52. The molecule has 27 heavy (non-hydrogen) atoms. The molecule has 5 nitrogen and oxygen atoms in total. The molecule has 0 bridgehead atoms. The molecular weight excluding hydrogens is 364 g/mol. The molecule has 0 amide bonds. The molecular formula is C21H26O5S. The molecule has 0 saturated carbocycles. The molecule has 2 fully saturated rings. The lowest BCUT2D eigenvalue weighted by atomic mass is 9.86. The molecule has 2 aliphatic heterocycles. The molecule has 1 aromatic rings. The Balaban J connectivity index is 1.71. The molecule has 2 saturated heterocycles. The maximum Gasteiger partial charge on any atom is 0.199 e. The number of ether oxygens (including phenoxy) is 2. The Morgan fingerprint density at radius 3 is 2.78 bits per heavy atom. The number of aliphatic hydroxyl groups is 1. The summed E-state index contributed by atoms with van der Waals surface area (Å²) in [5, 5.41) is 11.2. The molecule has 2 heterocycles. The van der Waals surface area contributed by atoms with Crippen LogP contribution in [0.1, 0.15) is 32.6 Å². The normalized spacial score (nSPS) is 30.8.